The van der Waals surface area contributed by atoms with Gasteiger partial charge in [-0.25, -0.2) is 0 Å². The summed E-state index contributed by atoms with van der Waals surface area (Å²) in [6, 6.07) is 2.06. The van der Waals surface area contributed by atoms with E-state index in [2.05, 4.69) is 9.57 Å². The quantitative estimate of drug-likeness (QED) is 0.271. The summed E-state index contributed by atoms with van der Waals surface area (Å²) in [4.78, 5) is 20.4. The normalized spacial score (nSPS) is 11.4. The lowest BCUT2D eigenvalue weighted by atomic mass is 10.3. The third kappa shape index (κ3) is 1.88. The Hall–Kier alpha value is -1.89. The topological polar surface area (TPSA) is 106 Å². The molecule has 0 aliphatic rings. The van der Waals surface area contributed by atoms with Crippen molar-refractivity contribution in [2.75, 3.05) is 0 Å². The second-order valence-corrected chi connectivity index (χ2v) is 2.47. The second kappa shape index (κ2) is 3.88. The highest BCUT2D eigenvalue weighted by molar-refractivity contribution is 6.84. The molecule has 7 nitrogen and oxygen atoms in total. The molecule has 0 unspecified atom stereocenters. The number of carbonyl (C=O) groups is 1. The van der Waals surface area contributed by atoms with Gasteiger partial charge in [-0.2, -0.15) is 0 Å². The van der Waals surface area contributed by atoms with Crippen molar-refractivity contribution < 1.29 is 19.3 Å². The van der Waals surface area contributed by atoms with E-state index >= 15 is 0 Å². The van der Waals surface area contributed by atoms with Gasteiger partial charge in [0, 0.05) is 0 Å². The molecular weight excluding hydrogens is 216 g/mol. The first kappa shape index (κ1) is 10.2. The first-order valence-corrected chi connectivity index (χ1v) is 3.60. The van der Waals surface area contributed by atoms with Crippen LogP contribution in [0.5, 0.6) is 0 Å². The molecule has 1 aromatic heterocycles. The van der Waals surface area contributed by atoms with Crippen molar-refractivity contribution in [3.8, 4) is 0 Å². The van der Waals surface area contributed by atoms with Crippen LogP contribution >= 0.6 is 11.6 Å². The van der Waals surface area contributed by atoms with Gasteiger partial charge >= 0.3 is 5.88 Å². The van der Waals surface area contributed by atoms with E-state index in [4.69, 9.17) is 16.8 Å². The van der Waals surface area contributed by atoms with Gasteiger partial charge < -0.3 is 9.62 Å². The van der Waals surface area contributed by atoms with Gasteiger partial charge in [-0.05, 0) is 6.07 Å². The highest BCUT2D eigenvalue weighted by Gasteiger charge is 2.20. The highest BCUT2D eigenvalue weighted by atomic mass is 35.5. The molecule has 0 bridgehead atoms. The Morgan fingerprint density at radius 3 is 2.71 bits per heavy atom. The van der Waals surface area contributed by atoms with Crippen molar-refractivity contribution in [1.29, 1.82) is 0 Å². The molecule has 14 heavy (non-hydrogen) atoms. The number of nitro groups is 1. The molecule has 0 spiro atoms. The Morgan fingerprint density at radius 1 is 1.64 bits per heavy atom. The molecule has 0 aliphatic heterocycles. The summed E-state index contributed by atoms with van der Waals surface area (Å²) >= 11 is 5.16. The molecule has 0 aliphatic carbocycles. The highest BCUT2D eigenvalue weighted by Crippen LogP contribution is 2.16. The molecule has 74 valence electrons. The summed E-state index contributed by atoms with van der Waals surface area (Å²) in [7, 11) is 0. The van der Waals surface area contributed by atoms with E-state index in [9.17, 15) is 14.9 Å². The molecule has 0 radical (unpaired) electrons. The molecule has 0 saturated heterocycles. The van der Waals surface area contributed by atoms with E-state index in [1.54, 1.807) is 0 Å². The number of halogens is 1. The minimum absolute atomic E-state index is 0.362. The van der Waals surface area contributed by atoms with Gasteiger partial charge in [0.25, 0.3) is 5.78 Å². The molecule has 8 heteroatoms. The van der Waals surface area contributed by atoms with Crippen LogP contribution in [0.1, 0.15) is 10.6 Å². The number of Topliss-reactive ketones (excluding diaryl/α,β-unsaturated/α-hetero) is 1. The van der Waals surface area contributed by atoms with Crippen LogP contribution in [0, 0.1) is 10.1 Å². The standard InChI is InChI=1S/C6H3ClN2O5/c7-6(8-11)5(10)3-1-2-4(14-3)9(12)13/h1-2,11H/b8-6+. The van der Waals surface area contributed by atoms with E-state index in [1.807, 2.05) is 0 Å². The Morgan fingerprint density at radius 2 is 2.29 bits per heavy atom. The average molecular weight is 219 g/mol. The van der Waals surface area contributed by atoms with Crippen LogP contribution in [0.15, 0.2) is 21.7 Å². The largest absolute Gasteiger partial charge is 0.433 e. The zero-order valence-electron chi connectivity index (χ0n) is 6.51. The third-order valence-electron chi connectivity index (χ3n) is 1.27. The van der Waals surface area contributed by atoms with Crippen molar-refractivity contribution in [2.45, 2.75) is 0 Å². The molecule has 0 atom stereocenters. The van der Waals surface area contributed by atoms with Crippen LogP contribution < -0.4 is 0 Å². The summed E-state index contributed by atoms with van der Waals surface area (Å²) in [6.07, 6.45) is 0. The number of rotatable bonds is 3. The molecule has 1 heterocycles. The fourth-order valence-corrected chi connectivity index (χ4v) is 0.788. The summed E-state index contributed by atoms with van der Waals surface area (Å²) in [5.74, 6) is -1.88. The second-order valence-electron chi connectivity index (χ2n) is 2.11. The molecule has 1 N–H and O–H groups in total. The fraction of sp³-hybridized carbons (Fsp3) is 0. The number of oxime groups is 1. The van der Waals surface area contributed by atoms with Crippen LogP contribution in [-0.4, -0.2) is 21.1 Å². The lowest BCUT2D eigenvalue weighted by Crippen LogP contribution is -2.06. The molecule has 0 saturated carbocycles. The molecule has 0 amide bonds. The molecule has 1 rings (SSSR count). The van der Waals surface area contributed by atoms with E-state index < -0.39 is 21.8 Å². The fourth-order valence-electron chi connectivity index (χ4n) is 0.695. The maximum Gasteiger partial charge on any atom is 0.433 e. The Kier molecular flexibility index (Phi) is 2.82. The SMILES string of the molecule is O=C(/C(Cl)=N\O)c1ccc([N+](=O)[O-])o1. The summed E-state index contributed by atoms with van der Waals surface area (Å²) < 4.78 is 4.50. The van der Waals surface area contributed by atoms with E-state index in [1.165, 1.54) is 0 Å². The Bertz CT molecular complexity index is 410. The number of ketones is 1. The number of carbonyl (C=O) groups excluding carboxylic acids is 1. The number of hydrogen-bond acceptors (Lipinski definition) is 6. The zero-order chi connectivity index (χ0) is 10.7. The van der Waals surface area contributed by atoms with Gasteiger partial charge in [-0.3, -0.25) is 14.9 Å². The monoisotopic (exact) mass is 218 g/mol. The number of nitrogens with zero attached hydrogens (tertiary/aromatic N) is 2. The first-order chi connectivity index (χ1) is 6.56. The minimum Gasteiger partial charge on any atom is -0.410 e. The van der Waals surface area contributed by atoms with Gasteiger partial charge in [0.2, 0.25) is 5.17 Å². The van der Waals surface area contributed by atoms with Crippen LogP contribution in [0.3, 0.4) is 0 Å². The van der Waals surface area contributed by atoms with Crippen molar-refractivity contribution in [2.24, 2.45) is 5.16 Å². The van der Waals surface area contributed by atoms with Crippen molar-refractivity contribution >= 4 is 28.4 Å². The minimum atomic E-state index is -0.928. The van der Waals surface area contributed by atoms with Crippen LogP contribution in [-0.2, 0) is 0 Å². The lowest BCUT2D eigenvalue weighted by molar-refractivity contribution is -0.402. The van der Waals surface area contributed by atoms with Crippen LogP contribution in [0.25, 0.3) is 0 Å². The zero-order valence-corrected chi connectivity index (χ0v) is 7.26. The summed E-state index contributed by atoms with van der Waals surface area (Å²) in [5.41, 5.74) is 0. The predicted molar refractivity (Wildman–Crippen MR) is 44.8 cm³/mol. The smallest absolute Gasteiger partial charge is 0.410 e. The van der Waals surface area contributed by atoms with Crippen molar-refractivity contribution in [1.82, 2.24) is 0 Å². The molecular formula is C6H3ClN2O5. The van der Waals surface area contributed by atoms with Gasteiger partial charge in [-0.15, -0.1) is 0 Å². The predicted octanol–water partition coefficient (Wildman–Crippen LogP) is 1.40. The first-order valence-electron chi connectivity index (χ1n) is 3.22. The van der Waals surface area contributed by atoms with Gasteiger partial charge in [-0.1, -0.05) is 16.8 Å². The Balaban J connectivity index is 2.98. The van der Waals surface area contributed by atoms with Crippen LogP contribution in [0.4, 0.5) is 5.88 Å². The summed E-state index contributed by atoms with van der Waals surface area (Å²) in [5, 5.41) is 20.0. The molecule has 0 aromatic carbocycles. The van der Waals surface area contributed by atoms with Crippen LogP contribution in [0.2, 0.25) is 0 Å². The Labute approximate surface area is 81.7 Å². The third-order valence-corrected chi connectivity index (χ3v) is 1.52. The van der Waals surface area contributed by atoms with Gasteiger partial charge in [0.1, 0.15) is 4.92 Å². The maximum atomic E-state index is 11.1. The van der Waals surface area contributed by atoms with Crippen molar-refractivity contribution in [3.63, 3.8) is 0 Å². The summed E-state index contributed by atoms with van der Waals surface area (Å²) in [6.45, 7) is 0. The molecule has 0 fully saturated rings. The van der Waals surface area contributed by atoms with Crippen molar-refractivity contribution in [3.05, 3.63) is 28.0 Å². The number of furan rings is 1. The van der Waals surface area contributed by atoms with E-state index in [0.717, 1.165) is 12.1 Å². The number of hydrogen-bond donors (Lipinski definition) is 1. The van der Waals surface area contributed by atoms with Gasteiger partial charge in [0.15, 0.2) is 5.76 Å². The van der Waals surface area contributed by atoms with E-state index in [-0.39, 0.29) is 5.76 Å². The van der Waals surface area contributed by atoms with E-state index in [0.29, 0.717) is 0 Å². The molecule has 1 aromatic rings. The lowest BCUT2D eigenvalue weighted by Gasteiger charge is -1.89. The average Bonchev–Trinajstić information content (AvgIpc) is 2.64. The van der Waals surface area contributed by atoms with Gasteiger partial charge in [0.05, 0.1) is 6.07 Å². The maximum absolute atomic E-state index is 11.1.